The number of ether oxygens (including phenoxy) is 1. The van der Waals surface area contributed by atoms with Crippen LogP contribution in [0.2, 0.25) is 0 Å². The minimum Gasteiger partial charge on any atom is -0.494 e. The van der Waals surface area contributed by atoms with Gasteiger partial charge in [-0.1, -0.05) is 24.3 Å². The van der Waals surface area contributed by atoms with Gasteiger partial charge in [0.25, 0.3) is 0 Å². The maximum atomic E-state index is 5.78. The number of anilines is 4. The highest BCUT2D eigenvalue weighted by Gasteiger charge is 2.29. The zero-order chi connectivity index (χ0) is 26.6. The first-order valence-corrected chi connectivity index (χ1v) is 13.0. The topological polar surface area (TPSA) is 83.4 Å². The van der Waals surface area contributed by atoms with Gasteiger partial charge in [0.15, 0.2) is 5.82 Å². The van der Waals surface area contributed by atoms with Gasteiger partial charge in [0.2, 0.25) is 5.95 Å². The SMILES string of the molecule is C=CCNc1cc(Nc2nccc(-n3nc(C4CC4)c4ccccc43)n2)c(OC)cc1N(C)CCN(C)C. The number of benzene rings is 2. The summed E-state index contributed by atoms with van der Waals surface area (Å²) in [5, 5.41) is 13.0. The lowest BCUT2D eigenvalue weighted by Crippen LogP contribution is -2.29. The number of nitrogens with one attached hydrogen (secondary N) is 2. The second kappa shape index (κ2) is 11.1. The van der Waals surface area contributed by atoms with Crippen molar-refractivity contribution in [3.8, 4) is 11.6 Å². The second-order valence-electron chi connectivity index (χ2n) is 9.92. The van der Waals surface area contributed by atoms with E-state index in [0.29, 0.717) is 24.2 Å². The van der Waals surface area contributed by atoms with Gasteiger partial charge < -0.3 is 25.2 Å². The third kappa shape index (κ3) is 5.43. The molecule has 9 heteroatoms. The second-order valence-corrected chi connectivity index (χ2v) is 9.92. The van der Waals surface area contributed by atoms with Crippen molar-refractivity contribution in [1.82, 2.24) is 24.6 Å². The van der Waals surface area contributed by atoms with Crippen LogP contribution in [0.25, 0.3) is 16.7 Å². The maximum absolute atomic E-state index is 5.78. The lowest BCUT2D eigenvalue weighted by Gasteiger charge is -2.26. The third-order valence-corrected chi connectivity index (χ3v) is 6.73. The van der Waals surface area contributed by atoms with Crippen molar-refractivity contribution in [3.05, 3.63) is 67.0 Å². The number of hydrogen-bond donors (Lipinski definition) is 2. The molecule has 2 aromatic carbocycles. The Hall–Kier alpha value is -4.11. The molecule has 5 rings (SSSR count). The average molecular weight is 513 g/mol. The fraction of sp³-hybridized carbons (Fsp3) is 0.345. The Morgan fingerprint density at radius 3 is 2.66 bits per heavy atom. The minimum absolute atomic E-state index is 0.469. The molecule has 1 saturated carbocycles. The summed E-state index contributed by atoms with van der Waals surface area (Å²) in [6, 6.07) is 14.3. The van der Waals surface area contributed by atoms with Crippen molar-refractivity contribution in [2.45, 2.75) is 18.8 Å². The Morgan fingerprint density at radius 2 is 1.92 bits per heavy atom. The molecule has 1 fully saturated rings. The first kappa shape index (κ1) is 25.5. The van der Waals surface area contributed by atoms with Crippen LogP contribution in [0.5, 0.6) is 5.75 Å². The smallest absolute Gasteiger partial charge is 0.229 e. The van der Waals surface area contributed by atoms with Crippen LogP contribution in [-0.4, -0.2) is 72.5 Å². The molecule has 2 aromatic heterocycles. The lowest BCUT2D eigenvalue weighted by atomic mass is 10.1. The highest BCUT2D eigenvalue weighted by atomic mass is 16.5. The van der Waals surface area contributed by atoms with Gasteiger partial charge in [0.1, 0.15) is 5.75 Å². The molecule has 0 amide bonds. The molecule has 0 atom stereocenters. The fourth-order valence-corrected chi connectivity index (χ4v) is 4.52. The summed E-state index contributed by atoms with van der Waals surface area (Å²) in [4.78, 5) is 13.7. The number of likely N-dealkylation sites (N-methyl/N-ethyl adjacent to an activating group) is 2. The largest absolute Gasteiger partial charge is 0.494 e. The van der Waals surface area contributed by atoms with Crippen molar-refractivity contribution in [2.75, 3.05) is 63.4 Å². The van der Waals surface area contributed by atoms with E-state index in [2.05, 4.69) is 71.3 Å². The Balaban J connectivity index is 1.48. The zero-order valence-corrected chi connectivity index (χ0v) is 22.6. The van der Waals surface area contributed by atoms with Crippen LogP contribution in [0.4, 0.5) is 23.0 Å². The Kier molecular flexibility index (Phi) is 7.46. The molecule has 0 bridgehead atoms. The molecular formula is C29H36N8O. The van der Waals surface area contributed by atoms with Crippen molar-refractivity contribution in [3.63, 3.8) is 0 Å². The van der Waals surface area contributed by atoms with E-state index in [1.807, 2.05) is 35.0 Å². The van der Waals surface area contributed by atoms with Crippen LogP contribution in [0.3, 0.4) is 0 Å². The molecule has 198 valence electrons. The van der Waals surface area contributed by atoms with Crippen LogP contribution in [0.15, 0.2) is 61.3 Å². The zero-order valence-electron chi connectivity index (χ0n) is 22.6. The summed E-state index contributed by atoms with van der Waals surface area (Å²) < 4.78 is 7.71. The van der Waals surface area contributed by atoms with Gasteiger partial charge in [0.05, 0.1) is 35.4 Å². The Bertz CT molecular complexity index is 1430. The monoisotopic (exact) mass is 512 g/mol. The molecular weight excluding hydrogens is 476 g/mol. The predicted molar refractivity (Wildman–Crippen MR) is 155 cm³/mol. The average Bonchev–Trinajstić information content (AvgIpc) is 3.70. The van der Waals surface area contributed by atoms with Crippen molar-refractivity contribution in [1.29, 1.82) is 0 Å². The highest BCUT2D eigenvalue weighted by Crippen LogP contribution is 2.43. The van der Waals surface area contributed by atoms with Crippen LogP contribution < -0.4 is 20.3 Å². The summed E-state index contributed by atoms with van der Waals surface area (Å²) in [6.45, 7) is 6.31. The van der Waals surface area contributed by atoms with Crippen LogP contribution in [0.1, 0.15) is 24.5 Å². The first-order chi connectivity index (χ1) is 18.5. The summed E-state index contributed by atoms with van der Waals surface area (Å²) in [7, 11) is 7.91. The summed E-state index contributed by atoms with van der Waals surface area (Å²) in [5.74, 6) is 2.43. The van der Waals surface area contributed by atoms with Gasteiger partial charge in [0, 0.05) is 56.3 Å². The standard InChI is InChI=1S/C29H36N8O/c1-6-14-30-22-18-23(26(38-5)19-25(22)36(4)17-16-35(2)3)32-29-31-15-13-27(33-29)37-24-10-8-7-9-21(24)28(34-37)20-11-12-20/h6-10,13,15,18-20,30H,1,11-12,14,16-17H2,2-5H3,(H,31,32,33). The Morgan fingerprint density at radius 1 is 1.11 bits per heavy atom. The van der Waals surface area contributed by atoms with Gasteiger partial charge in [-0.15, -0.1) is 6.58 Å². The first-order valence-electron chi connectivity index (χ1n) is 13.0. The maximum Gasteiger partial charge on any atom is 0.229 e. The van der Waals surface area contributed by atoms with E-state index in [-0.39, 0.29) is 0 Å². The van der Waals surface area contributed by atoms with E-state index in [1.54, 1.807) is 13.3 Å². The summed E-state index contributed by atoms with van der Waals surface area (Å²) in [6.07, 6.45) is 5.99. The normalized spacial score (nSPS) is 13.1. The van der Waals surface area contributed by atoms with E-state index in [1.165, 1.54) is 18.2 Å². The molecule has 0 spiro atoms. The molecule has 0 unspecified atom stereocenters. The molecule has 2 heterocycles. The molecule has 1 aliphatic carbocycles. The van der Waals surface area contributed by atoms with Crippen molar-refractivity contribution >= 4 is 33.9 Å². The fourth-order valence-electron chi connectivity index (χ4n) is 4.52. The van der Waals surface area contributed by atoms with Crippen molar-refractivity contribution in [2.24, 2.45) is 0 Å². The number of hydrogen-bond acceptors (Lipinski definition) is 8. The lowest BCUT2D eigenvalue weighted by molar-refractivity contribution is 0.413. The predicted octanol–water partition coefficient (Wildman–Crippen LogP) is 5.04. The van der Waals surface area contributed by atoms with Gasteiger partial charge in [-0.3, -0.25) is 0 Å². The minimum atomic E-state index is 0.469. The van der Waals surface area contributed by atoms with Gasteiger partial charge >= 0.3 is 0 Å². The van der Waals surface area contributed by atoms with Crippen LogP contribution in [-0.2, 0) is 0 Å². The number of fused-ring (bicyclic) bond motifs is 1. The number of nitrogens with zero attached hydrogens (tertiary/aromatic N) is 6. The number of aromatic nitrogens is 4. The highest BCUT2D eigenvalue weighted by molar-refractivity contribution is 5.84. The summed E-state index contributed by atoms with van der Waals surface area (Å²) >= 11 is 0. The van der Waals surface area contributed by atoms with Crippen LogP contribution in [0, 0.1) is 0 Å². The van der Waals surface area contributed by atoms with E-state index >= 15 is 0 Å². The molecule has 0 radical (unpaired) electrons. The number of rotatable bonds is 12. The summed E-state index contributed by atoms with van der Waals surface area (Å²) in [5.41, 5.74) is 4.99. The Labute approximate surface area is 224 Å². The van der Waals surface area contributed by atoms with Gasteiger partial charge in [-0.05, 0) is 39.1 Å². The number of para-hydroxylation sites is 1. The molecule has 9 nitrogen and oxygen atoms in total. The van der Waals surface area contributed by atoms with Gasteiger partial charge in [-0.2, -0.15) is 10.1 Å². The quantitative estimate of drug-likeness (QED) is 0.256. The molecule has 2 N–H and O–H groups in total. The third-order valence-electron chi connectivity index (χ3n) is 6.73. The number of methoxy groups -OCH3 is 1. The van der Waals surface area contributed by atoms with E-state index in [4.69, 9.17) is 14.8 Å². The molecule has 1 aliphatic rings. The van der Waals surface area contributed by atoms with E-state index < -0.39 is 0 Å². The molecule has 0 aliphatic heterocycles. The molecule has 38 heavy (non-hydrogen) atoms. The van der Waals surface area contributed by atoms with E-state index in [0.717, 1.165) is 47.2 Å². The van der Waals surface area contributed by atoms with Gasteiger partial charge in [-0.25, -0.2) is 9.67 Å². The van der Waals surface area contributed by atoms with E-state index in [9.17, 15) is 0 Å². The van der Waals surface area contributed by atoms with Crippen molar-refractivity contribution < 1.29 is 4.74 Å². The van der Waals surface area contributed by atoms with Crippen LogP contribution >= 0.6 is 0 Å². The molecule has 0 saturated heterocycles. The molecule has 4 aromatic rings.